The van der Waals surface area contributed by atoms with Crippen LogP contribution in [0.25, 0.3) is 27.7 Å². The first-order valence-electron chi connectivity index (χ1n) is 15.4. The minimum atomic E-state index is -0.557. The molecule has 1 N–H and O–H groups in total. The van der Waals surface area contributed by atoms with Gasteiger partial charge in [-0.1, -0.05) is 0 Å². The molecule has 46 heavy (non-hydrogen) atoms. The molecule has 10 nitrogen and oxygen atoms in total. The Balaban J connectivity index is 1.11. The third-order valence-corrected chi connectivity index (χ3v) is 14.1. The molecule has 0 unspecified atom stereocenters. The molecule has 12 heteroatoms. The predicted molar refractivity (Wildman–Crippen MR) is 173 cm³/mol. The number of aromatic nitrogens is 5. The number of benzene rings is 1. The van der Waals surface area contributed by atoms with Gasteiger partial charge in [0.2, 0.25) is 0 Å². The quantitative estimate of drug-likeness (QED) is 0.0893. The number of likely N-dealkylation sites (tertiary alicyclic amines) is 1. The topological polar surface area (TPSA) is 114 Å². The van der Waals surface area contributed by atoms with Gasteiger partial charge in [-0.2, -0.15) is 5.10 Å². The van der Waals surface area contributed by atoms with E-state index in [4.69, 9.17) is 0 Å². The van der Waals surface area contributed by atoms with Gasteiger partial charge in [0.1, 0.15) is 0 Å². The van der Waals surface area contributed by atoms with Crippen molar-refractivity contribution in [3.63, 3.8) is 0 Å². The zero-order chi connectivity index (χ0) is 32.1. The molecule has 2 saturated heterocycles. The molecule has 2 aliphatic heterocycles. The fourth-order valence-corrected chi connectivity index (χ4v) is 10.6. The fraction of sp³-hybridized carbons (Fsp3) is 0.353. The molecular formula is C34H32BrIN7O3-. The molecule has 8 rings (SSSR count). The molecule has 1 saturated carbocycles. The molecular weight excluding hydrogens is 761 g/mol. The van der Waals surface area contributed by atoms with Crippen LogP contribution in [-0.2, 0) is 16.1 Å². The number of alkyl halides is 2. The zero-order valence-electron chi connectivity index (χ0n) is 25.8. The van der Waals surface area contributed by atoms with E-state index in [1.54, 1.807) is 17.6 Å². The number of ketones is 1. The number of carbonyl (C=O) groups excluding carboxylic acids is 3. The van der Waals surface area contributed by atoms with E-state index in [0.29, 0.717) is 28.3 Å². The van der Waals surface area contributed by atoms with Crippen LogP contribution >= 0.6 is 15.9 Å². The van der Waals surface area contributed by atoms with Gasteiger partial charge in [0.05, 0.1) is 5.69 Å². The van der Waals surface area contributed by atoms with Gasteiger partial charge in [0.25, 0.3) is 0 Å². The number of rotatable bonds is 7. The molecule has 5 aromatic rings. The third kappa shape index (κ3) is 5.04. The number of Topliss-reactive ketones (excluding diaryl/α,β-unsaturated/α-hetero) is 1. The number of pyridine rings is 1. The standard InChI is InChI=1S/C34H32BrIN7O3/c1-17-9-21(22-13-37-28-10-18(2)40-42(28)14-22)11-24-25(19(3)44)15-41(30(17)24)16-29(45)43-26(12-34(4)33(43)36-34)32(46)39-31-23(20-5-6-20)7-8-27(35)38-31/h7-11,13-15,20,26,33H,5-6,12,16H2,1-4H3,(H,38,39,46)/q-1/t26-,33-,34+/m0/s1. The SMILES string of the molecule is CC(=O)c1cn(CC(=O)N2[C@H](C(=O)Nc3nc(Br)ccc3C3CC3)C[C@@]3(C)[I-][C@@H]23)c2c(C)cc(-c3cnc4cc(C)nn4c3)cc12. The molecule has 1 aromatic carbocycles. The molecule has 3 fully saturated rings. The molecule has 0 radical (unpaired) electrons. The van der Waals surface area contributed by atoms with E-state index in [1.165, 1.54) is 0 Å². The van der Waals surface area contributed by atoms with Crippen LogP contribution in [0.15, 0.2) is 53.5 Å². The molecule has 0 spiro atoms. The summed E-state index contributed by atoms with van der Waals surface area (Å²) in [7, 11) is 0. The van der Waals surface area contributed by atoms with Crippen LogP contribution in [-0.4, -0.2) is 60.2 Å². The van der Waals surface area contributed by atoms with Crippen LogP contribution in [0.4, 0.5) is 5.82 Å². The molecule has 6 heterocycles. The maximum absolute atomic E-state index is 14.2. The molecule has 4 aromatic heterocycles. The third-order valence-electron chi connectivity index (χ3n) is 9.33. The number of hydrogen-bond acceptors (Lipinski definition) is 6. The number of hydrogen-bond donors (Lipinski definition) is 1. The van der Waals surface area contributed by atoms with Crippen molar-refractivity contribution in [1.29, 1.82) is 0 Å². The molecule has 3 atom stereocenters. The molecule has 3 aliphatic rings. The van der Waals surface area contributed by atoms with E-state index in [9.17, 15) is 14.4 Å². The molecule has 0 bridgehead atoms. The van der Waals surface area contributed by atoms with E-state index in [2.05, 4.69) is 49.3 Å². The number of halogens is 2. The van der Waals surface area contributed by atoms with Gasteiger partial charge in [-0.05, 0) is 6.92 Å². The fourth-order valence-electron chi connectivity index (χ4n) is 6.91. The van der Waals surface area contributed by atoms with Gasteiger partial charge in [-0.25, -0.2) is 0 Å². The van der Waals surface area contributed by atoms with Crippen molar-refractivity contribution >= 4 is 55.9 Å². The Bertz CT molecular complexity index is 2140. The summed E-state index contributed by atoms with van der Waals surface area (Å²) < 4.78 is 4.48. The van der Waals surface area contributed by atoms with Crippen molar-refractivity contribution in [3.05, 3.63) is 75.9 Å². The van der Waals surface area contributed by atoms with Gasteiger partial charge >= 0.3 is 256 Å². The summed E-state index contributed by atoms with van der Waals surface area (Å²) in [4.78, 5) is 51.8. The Labute approximate surface area is 284 Å². The Kier molecular flexibility index (Phi) is 6.91. The number of carbonyl (C=O) groups is 3. The second-order valence-electron chi connectivity index (χ2n) is 12.9. The van der Waals surface area contributed by atoms with Crippen LogP contribution in [0.5, 0.6) is 0 Å². The van der Waals surface area contributed by atoms with Crippen molar-refractivity contribution in [2.24, 2.45) is 0 Å². The summed E-state index contributed by atoms with van der Waals surface area (Å²) >= 11 is 3.22. The first-order chi connectivity index (χ1) is 22.0. The van der Waals surface area contributed by atoms with Crippen LogP contribution in [0.2, 0.25) is 0 Å². The number of aryl methyl sites for hydroxylation is 2. The average Bonchev–Trinajstić information content (AvgIpc) is 3.84. The summed E-state index contributed by atoms with van der Waals surface area (Å²) in [6, 6.07) is 9.36. The minimum absolute atomic E-state index is 0.0386. The van der Waals surface area contributed by atoms with Gasteiger partial charge in [0, 0.05) is 6.07 Å². The number of fused-ring (bicyclic) bond motifs is 3. The maximum atomic E-state index is 14.2. The Morgan fingerprint density at radius 3 is 2.67 bits per heavy atom. The van der Waals surface area contributed by atoms with Gasteiger partial charge in [-0.15, -0.1) is 0 Å². The summed E-state index contributed by atoms with van der Waals surface area (Å²) in [6.45, 7) is 7.73. The van der Waals surface area contributed by atoms with E-state index < -0.39 is 6.04 Å². The van der Waals surface area contributed by atoms with Crippen LogP contribution in [0.3, 0.4) is 0 Å². The van der Waals surface area contributed by atoms with Crippen LogP contribution in [0, 0.1) is 13.8 Å². The zero-order valence-corrected chi connectivity index (χ0v) is 29.6. The van der Waals surface area contributed by atoms with E-state index in [1.807, 2.05) is 60.0 Å². The first kappa shape index (κ1) is 29.7. The Morgan fingerprint density at radius 2 is 1.91 bits per heavy atom. The second kappa shape index (κ2) is 10.7. The second-order valence-corrected chi connectivity index (χ2v) is 18.0. The molecule has 236 valence electrons. The van der Waals surface area contributed by atoms with Crippen LogP contribution < -0.4 is 26.5 Å². The molecule has 1 aliphatic carbocycles. The number of amides is 2. The monoisotopic (exact) mass is 792 g/mol. The Hall–Kier alpha value is -3.65. The Morgan fingerprint density at radius 1 is 1.11 bits per heavy atom. The van der Waals surface area contributed by atoms with Crippen molar-refractivity contribution in [2.45, 2.75) is 72.9 Å². The van der Waals surface area contributed by atoms with E-state index in [-0.39, 0.29) is 52.8 Å². The predicted octanol–water partition coefficient (Wildman–Crippen LogP) is 2.63. The van der Waals surface area contributed by atoms with Crippen LogP contribution in [0.1, 0.15) is 66.2 Å². The van der Waals surface area contributed by atoms with E-state index >= 15 is 0 Å². The van der Waals surface area contributed by atoms with Crippen molar-refractivity contribution < 1.29 is 35.6 Å². The number of anilines is 1. The number of nitrogens with zero attached hydrogens (tertiary/aromatic N) is 6. The average molecular weight is 793 g/mol. The summed E-state index contributed by atoms with van der Waals surface area (Å²) in [5.41, 5.74) is 6.85. The van der Waals surface area contributed by atoms with Crippen molar-refractivity contribution in [3.8, 4) is 11.1 Å². The van der Waals surface area contributed by atoms with Crippen molar-refractivity contribution in [1.82, 2.24) is 29.0 Å². The number of nitrogens with one attached hydrogen (secondary N) is 1. The summed E-state index contributed by atoms with van der Waals surface area (Å²) in [6.07, 6.45) is 8.40. The summed E-state index contributed by atoms with van der Waals surface area (Å²) in [5, 5.41) is 8.38. The van der Waals surface area contributed by atoms with Crippen molar-refractivity contribution in [2.75, 3.05) is 5.32 Å². The van der Waals surface area contributed by atoms with E-state index in [0.717, 1.165) is 57.3 Å². The summed E-state index contributed by atoms with van der Waals surface area (Å²) in [5.74, 6) is 0.648. The first-order valence-corrected chi connectivity index (χ1v) is 18.5. The normalized spacial score (nSPS) is 22.2. The van der Waals surface area contributed by atoms with Gasteiger partial charge in [0.15, 0.2) is 5.65 Å². The van der Waals surface area contributed by atoms with Gasteiger partial charge in [-0.3, -0.25) is 0 Å². The molecule has 2 amide bonds. The van der Waals surface area contributed by atoms with Gasteiger partial charge < -0.3 is 0 Å².